The van der Waals surface area contributed by atoms with Crippen LogP contribution in [0.4, 0.5) is 0 Å². The van der Waals surface area contributed by atoms with Gasteiger partial charge >= 0.3 is 0 Å². The number of hydrogen-bond donors (Lipinski definition) is 1. The van der Waals surface area contributed by atoms with Gasteiger partial charge in [0.15, 0.2) is 0 Å². The van der Waals surface area contributed by atoms with E-state index >= 15 is 0 Å². The summed E-state index contributed by atoms with van der Waals surface area (Å²) in [7, 11) is 0. The molecule has 3 heteroatoms. The molecule has 2 nitrogen and oxygen atoms in total. The van der Waals surface area contributed by atoms with E-state index in [-0.39, 0.29) is 0 Å². The minimum absolute atomic E-state index is 0.356. The third-order valence-electron chi connectivity index (χ3n) is 4.03. The van der Waals surface area contributed by atoms with E-state index < -0.39 is 0 Å². The van der Waals surface area contributed by atoms with Crippen molar-refractivity contribution in [2.75, 3.05) is 6.54 Å². The summed E-state index contributed by atoms with van der Waals surface area (Å²) in [5.41, 5.74) is 5.26. The van der Waals surface area contributed by atoms with Gasteiger partial charge < -0.3 is 5.32 Å². The number of aromatic nitrogens is 1. The molecule has 0 fully saturated rings. The van der Waals surface area contributed by atoms with Crippen molar-refractivity contribution in [1.82, 2.24) is 10.3 Å². The first-order valence-electron chi connectivity index (χ1n) is 7.74. The van der Waals surface area contributed by atoms with Crippen molar-refractivity contribution in [3.63, 3.8) is 0 Å². The maximum Gasteiger partial charge on any atom is 0.0949 e. The van der Waals surface area contributed by atoms with E-state index in [0.717, 1.165) is 19.4 Å². The molecule has 0 saturated heterocycles. The van der Waals surface area contributed by atoms with E-state index in [1.165, 1.54) is 32.3 Å². The second-order valence-electron chi connectivity index (χ2n) is 5.80. The number of rotatable bonds is 6. The van der Waals surface area contributed by atoms with Crippen molar-refractivity contribution in [2.45, 2.75) is 53.5 Å². The van der Waals surface area contributed by atoms with Crippen molar-refractivity contribution in [2.24, 2.45) is 0 Å². The zero-order valence-corrected chi connectivity index (χ0v) is 14.6. The van der Waals surface area contributed by atoms with Gasteiger partial charge in [-0.1, -0.05) is 25.1 Å². The third kappa shape index (κ3) is 4.14. The summed E-state index contributed by atoms with van der Waals surface area (Å²) < 4.78 is 0. The molecule has 1 atom stereocenters. The van der Waals surface area contributed by atoms with Gasteiger partial charge in [-0.15, -0.1) is 11.3 Å². The molecule has 2 aromatic rings. The van der Waals surface area contributed by atoms with E-state index in [9.17, 15) is 0 Å². The fourth-order valence-electron chi connectivity index (χ4n) is 2.41. The maximum absolute atomic E-state index is 4.70. The standard InChI is InChI=1S/C18H26N2S/c1-6-9-19-17(11-18-20-14(4)15(5)21-18)16-8-7-12(2)13(3)10-16/h7-8,10,17,19H,6,9,11H2,1-5H3. The predicted octanol–water partition coefficient (Wildman–Crippen LogP) is 4.66. The monoisotopic (exact) mass is 302 g/mol. The first-order chi connectivity index (χ1) is 10.0. The van der Waals surface area contributed by atoms with Crippen LogP contribution in [0.1, 0.15) is 51.7 Å². The lowest BCUT2D eigenvalue weighted by Crippen LogP contribution is -2.24. The topological polar surface area (TPSA) is 24.9 Å². The van der Waals surface area contributed by atoms with Gasteiger partial charge in [0.2, 0.25) is 0 Å². The molecular formula is C18H26N2S. The number of thiazole rings is 1. The van der Waals surface area contributed by atoms with E-state index in [2.05, 4.69) is 58.1 Å². The predicted molar refractivity (Wildman–Crippen MR) is 92.2 cm³/mol. The summed E-state index contributed by atoms with van der Waals surface area (Å²) >= 11 is 1.83. The Morgan fingerprint density at radius 2 is 1.90 bits per heavy atom. The lowest BCUT2D eigenvalue weighted by Gasteiger charge is -2.19. The number of hydrogen-bond acceptors (Lipinski definition) is 3. The molecule has 1 N–H and O–H groups in total. The van der Waals surface area contributed by atoms with Crippen LogP contribution in [0.15, 0.2) is 18.2 Å². The maximum atomic E-state index is 4.70. The normalized spacial score (nSPS) is 12.6. The van der Waals surface area contributed by atoms with Crippen LogP contribution in [0.5, 0.6) is 0 Å². The minimum Gasteiger partial charge on any atom is -0.310 e. The summed E-state index contributed by atoms with van der Waals surface area (Å²) in [6, 6.07) is 7.15. The molecule has 0 bridgehead atoms. The van der Waals surface area contributed by atoms with Gasteiger partial charge in [0.05, 0.1) is 10.7 Å². The van der Waals surface area contributed by atoms with Crippen LogP contribution in [0.2, 0.25) is 0 Å². The molecule has 1 aromatic carbocycles. The first kappa shape index (κ1) is 16.2. The molecule has 0 aliphatic rings. The Balaban J connectivity index is 2.22. The molecule has 0 radical (unpaired) electrons. The van der Waals surface area contributed by atoms with Crippen LogP contribution in [0.25, 0.3) is 0 Å². The van der Waals surface area contributed by atoms with Crippen LogP contribution in [-0.4, -0.2) is 11.5 Å². The highest BCUT2D eigenvalue weighted by molar-refractivity contribution is 7.11. The van der Waals surface area contributed by atoms with Gasteiger partial charge in [-0.05, 0) is 57.4 Å². The number of nitrogens with zero attached hydrogens (tertiary/aromatic N) is 1. The van der Waals surface area contributed by atoms with Gasteiger partial charge in [-0.3, -0.25) is 0 Å². The fourth-order valence-corrected chi connectivity index (χ4v) is 3.39. The van der Waals surface area contributed by atoms with E-state index in [4.69, 9.17) is 4.98 Å². The summed E-state index contributed by atoms with van der Waals surface area (Å²) in [5.74, 6) is 0. The molecule has 0 spiro atoms. The molecule has 1 aromatic heterocycles. The van der Waals surface area contributed by atoms with Crippen molar-refractivity contribution in [1.29, 1.82) is 0 Å². The zero-order chi connectivity index (χ0) is 15.4. The number of aryl methyl sites for hydroxylation is 4. The molecule has 0 amide bonds. The van der Waals surface area contributed by atoms with Crippen LogP contribution >= 0.6 is 11.3 Å². The van der Waals surface area contributed by atoms with Crippen LogP contribution in [0.3, 0.4) is 0 Å². The van der Waals surface area contributed by atoms with Crippen molar-refractivity contribution in [3.05, 3.63) is 50.5 Å². The molecule has 0 aliphatic carbocycles. The highest BCUT2D eigenvalue weighted by Crippen LogP contribution is 2.25. The Bertz CT molecular complexity index is 582. The summed E-state index contributed by atoms with van der Waals surface area (Å²) in [6.45, 7) is 11.9. The number of nitrogens with one attached hydrogen (secondary N) is 1. The van der Waals surface area contributed by atoms with Gasteiger partial charge in [0, 0.05) is 17.3 Å². The highest BCUT2D eigenvalue weighted by Gasteiger charge is 2.15. The molecule has 1 unspecified atom stereocenters. The highest BCUT2D eigenvalue weighted by atomic mass is 32.1. The first-order valence-corrected chi connectivity index (χ1v) is 8.56. The summed E-state index contributed by atoms with van der Waals surface area (Å²) in [4.78, 5) is 6.03. The quantitative estimate of drug-likeness (QED) is 0.839. The third-order valence-corrected chi connectivity index (χ3v) is 5.12. The second-order valence-corrected chi connectivity index (χ2v) is 7.09. The molecule has 114 valence electrons. The smallest absolute Gasteiger partial charge is 0.0949 e. The van der Waals surface area contributed by atoms with E-state index in [1.54, 1.807) is 0 Å². The lowest BCUT2D eigenvalue weighted by molar-refractivity contribution is 0.528. The second kappa shape index (κ2) is 7.19. The van der Waals surface area contributed by atoms with Crippen LogP contribution in [-0.2, 0) is 6.42 Å². The van der Waals surface area contributed by atoms with Gasteiger partial charge in [-0.2, -0.15) is 0 Å². The van der Waals surface area contributed by atoms with Crippen molar-refractivity contribution < 1.29 is 0 Å². The largest absolute Gasteiger partial charge is 0.310 e. The van der Waals surface area contributed by atoms with E-state index in [1.807, 2.05) is 11.3 Å². The lowest BCUT2D eigenvalue weighted by atomic mass is 9.99. The van der Waals surface area contributed by atoms with Crippen molar-refractivity contribution in [3.8, 4) is 0 Å². The molecule has 1 heterocycles. The average molecular weight is 302 g/mol. The Labute approximate surface area is 132 Å². The van der Waals surface area contributed by atoms with Crippen LogP contribution < -0.4 is 5.32 Å². The molecule has 21 heavy (non-hydrogen) atoms. The molecule has 2 rings (SSSR count). The Hall–Kier alpha value is -1.19. The fraction of sp³-hybridized carbons (Fsp3) is 0.500. The Morgan fingerprint density at radius 3 is 2.48 bits per heavy atom. The van der Waals surface area contributed by atoms with Crippen LogP contribution in [0, 0.1) is 27.7 Å². The number of benzene rings is 1. The Kier molecular flexibility index (Phi) is 5.54. The van der Waals surface area contributed by atoms with Gasteiger partial charge in [0.25, 0.3) is 0 Å². The molecular weight excluding hydrogens is 276 g/mol. The van der Waals surface area contributed by atoms with Crippen molar-refractivity contribution >= 4 is 11.3 Å². The molecule has 0 saturated carbocycles. The van der Waals surface area contributed by atoms with E-state index in [0.29, 0.717) is 6.04 Å². The zero-order valence-electron chi connectivity index (χ0n) is 13.8. The summed E-state index contributed by atoms with van der Waals surface area (Å²) in [6.07, 6.45) is 2.12. The Morgan fingerprint density at radius 1 is 1.14 bits per heavy atom. The SMILES string of the molecule is CCCNC(Cc1nc(C)c(C)s1)c1ccc(C)c(C)c1. The average Bonchev–Trinajstić information content (AvgIpc) is 2.76. The van der Waals surface area contributed by atoms with Gasteiger partial charge in [0.1, 0.15) is 0 Å². The summed E-state index contributed by atoms with van der Waals surface area (Å²) in [5, 5.41) is 4.91. The molecule has 0 aliphatic heterocycles. The van der Waals surface area contributed by atoms with Gasteiger partial charge in [-0.25, -0.2) is 4.98 Å². The minimum atomic E-state index is 0.356.